The van der Waals surface area contributed by atoms with Gasteiger partial charge in [-0.15, -0.1) is 0 Å². The summed E-state index contributed by atoms with van der Waals surface area (Å²) in [6.07, 6.45) is 7.08. The van der Waals surface area contributed by atoms with Gasteiger partial charge in [0.05, 0.1) is 18.4 Å². The fourth-order valence-electron chi connectivity index (χ4n) is 2.58. The molecular formula is C14H25N3O. The van der Waals surface area contributed by atoms with Crippen molar-refractivity contribution in [2.45, 2.75) is 58.6 Å². The summed E-state index contributed by atoms with van der Waals surface area (Å²) in [4.78, 5) is 0. The molecule has 1 saturated carbocycles. The molecule has 0 unspecified atom stereocenters. The second-order valence-corrected chi connectivity index (χ2v) is 5.22. The molecule has 0 atom stereocenters. The lowest BCUT2D eigenvalue weighted by Gasteiger charge is -2.22. The van der Waals surface area contributed by atoms with Crippen LogP contribution in [0.25, 0.3) is 0 Å². The highest BCUT2D eigenvalue weighted by Crippen LogP contribution is 2.19. The largest absolute Gasteiger partial charge is 0.377 e. The molecule has 1 heterocycles. The minimum absolute atomic E-state index is 0.512. The average Bonchev–Trinajstić information content (AvgIpc) is 2.71. The van der Waals surface area contributed by atoms with Crippen LogP contribution in [0, 0.1) is 13.8 Å². The summed E-state index contributed by atoms with van der Waals surface area (Å²) in [5.74, 6) is 0. The van der Waals surface area contributed by atoms with Crippen LogP contribution in [0.5, 0.6) is 0 Å². The Balaban J connectivity index is 1.58. The van der Waals surface area contributed by atoms with E-state index in [0.717, 1.165) is 31.1 Å². The summed E-state index contributed by atoms with van der Waals surface area (Å²) >= 11 is 0. The van der Waals surface area contributed by atoms with Crippen molar-refractivity contribution in [3.8, 4) is 0 Å². The molecule has 0 radical (unpaired) electrons. The zero-order chi connectivity index (χ0) is 12.8. The summed E-state index contributed by atoms with van der Waals surface area (Å²) in [5.41, 5.74) is 3.54. The maximum atomic E-state index is 5.88. The Bertz CT molecular complexity index is 336. The number of aryl methyl sites for hydroxylation is 2. The predicted octanol–water partition coefficient (Wildman–Crippen LogP) is 2.47. The molecule has 0 aliphatic heterocycles. The molecule has 4 nitrogen and oxygen atoms in total. The van der Waals surface area contributed by atoms with Gasteiger partial charge in [0.2, 0.25) is 0 Å². The first kappa shape index (κ1) is 13.6. The van der Waals surface area contributed by atoms with Crippen molar-refractivity contribution in [3.63, 3.8) is 0 Å². The third-order valence-corrected chi connectivity index (χ3v) is 3.77. The van der Waals surface area contributed by atoms with E-state index in [4.69, 9.17) is 4.74 Å². The molecule has 0 saturated heterocycles. The molecule has 18 heavy (non-hydrogen) atoms. The van der Waals surface area contributed by atoms with Gasteiger partial charge < -0.3 is 10.1 Å². The van der Waals surface area contributed by atoms with Crippen LogP contribution in [0.1, 0.15) is 49.1 Å². The van der Waals surface area contributed by atoms with Crippen LogP contribution < -0.4 is 5.32 Å². The lowest BCUT2D eigenvalue weighted by Crippen LogP contribution is -2.24. The third kappa shape index (κ3) is 3.82. The Morgan fingerprint density at radius 1 is 1.28 bits per heavy atom. The number of rotatable bonds is 6. The van der Waals surface area contributed by atoms with Gasteiger partial charge in [-0.1, -0.05) is 19.3 Å². The van der Waals surface area contributed by atoms with Gasteiger partial charge in [0.15, 0.2) is 0 Å². The summed E-state index contributed by atoms with van der Waals surface area (Å²) < 4.78 is 5.88. The quantitative estimate of drug-likeness (QED) is 0.764. The molecule has 0 spiro atoms. The van der Waals surface area contributed by atoms with Gasteiger partial charge in [-0.25, -0.2) is 0 Å². The van der Waals surface area contributed by atoms with E-state index in [0.29, 0.717) is 6.10 Å². The molecule has 102 valence electrons. The zero-order valence-electron chi connectivity index (χ0n) is 11.6. The fraction of sp³-hybridized carbons (Fsp3) is 0.786. The van der Waals surface area contributed by atoms with Crippen molar-refractivity contribution in [1.82, 2.24) is 15.5 Å². The Morgan fingerprint density at radius 2 is 2.06 bits per heavy atom. The number of hydrogen-bond donors (Lipinski definition) is 2. The molecule has 2 rings (SSSR count). The topological polar surface area (TPSA) is 49.9 Å². The lowest BCUT2D eigenvalue weighted by molar-refractivity contribution is 0.0302. The molecule has 4 heteroatoms. The number of nitrogens with zero attached hydrogens (tertiary/aromatic N) is 1. The van der Waals surface area contributed by atoms with E-state index in [1.807, 2.05) is 6.92 Å². The molecule has 1 aromatic heterocycles. The van der Waals surface area contributed by atoms with E-state index in [2.05, 4.69) is 22.4 Å². The van der Waals surface area contributed by atoms with Gasteiger partial charge in [-0.3, -0.25) is 5.10 Å². The van der Waals surface area contributed by atoms with E-state index in [-0.39, 0.29) is 0 Å². The van der Waals surface area contributed by atoms with Crippen LogP contribution in [0.3, 0.4) is 0 Å². The van der Waals surface area contributed by atoms with Crippen LogP contribution in [0.2, 0.25) is 0 Å². The van der Waals surface area contributed by atoms with Crippen LogP contribution >= 0.6 is 0 Å². The normalized spacial score (nSPS) is 17.2. The smallest absolute Gasteiger partial charge is 0.0638 e. The second kappa shape index (κ2) is 6.90. The van der Waals surface area contributed by atoms with Crippen LogP contribution in [0.15, 0.2) is 0 Å². The highest BCUT2D eigenvalue weighted by molar-refractivity contribution is 5.22. The predicted molar refractivity (Wildman–Crippen MR) is 72.6 cm³/mol. The van der Waals surface area contributed by atoms with E-state index < -0.39 is 0 Å². The molecule has 0 aromatic carbocycles. The van der Waals surface area contributed by atoms with E-state index >= 15 is 0 Å². The van der Waals surface area contributed by atoms with Gasteiger partial charge in [-0.2, -0.15) is 5.10 Å². The van der Waals surface area contributed by atoms with Crippen molar-refractivity contribution in [1.29, 1.82) is 0 Å². The molecule has 1 fully saturated rings. The summed E-state index contributed by atoms with van der Waals surface area (Å²) in [6.45, 7) is 6.72. The molecule has 1 aliphatic carbocycles. The number of H-pyrrole nitrogens is 1. The minimum atomic E-state index is 0.512. The zero-order valence-corrected chi connectivity index (χ0v) is 11.6. The summed E-state index contributed by atoms with van der Waals surface area (Å²) in [6, 6.07) is 0. The standard InChI is InChI=1S/C14H25N3O/c1-11-14(12(2)17-16-11)10-15-8-9-18-13-6-4-3-5-7-13/h13,15H,3-10H2,1-2H3,(H,16,17). The first-order valence-corrected chi connectivity index (χ1v) is 7.10. The summed E-state index contributed by atoms with van der Waals surface area (Å²) in [5, 5.41) is 10.6. The molecule has 0 amide bonds. The SMILES string of the molecule is Cc1n[nH]c(C)c1CNCCOC1CCCCC1. The fourth-order valence-corrected chi connectivity index (χ4v) is 2.58. The number of nitrogens with one attached hydrogen (secondary N) is 2. The molecule has 1 aliphatic rings. The van der Waals surface area contributed by atoms with E-state index in [1.165, 1.54) is 37.7 Å². The number of ether oxygens (including phenoxy) is 1. The van der Waals surface area contributed by atoms with Gasteiger partial charge in [0.1, 0.15) is 0 Å². The van der Waals surface area contributed by atoms with Crippen LogP contribution in [0.4, 0.5) is 0 Å². The highest BCUT2D eigenvalue weighted by Gasteiger charge is 2.13. The average molecular weight is 251 g/mol. The minimum Gasteiger partial charge on any atom is -0.377 e. The first-order chi connectivity index (χ1) is 8.77. The molecule has 2 N–H and O–H groups in total. The number of aromatic amines is 1. The highest BCUT2D eigenvalue weighted by atomic mass is 16.5. The first-order valence-electron chi connectivity index (χ1n) is 7.10. The van der Waals surface area contributed by atoms with Crippen LogP contribution in [-0.4, -0.2) is 29.5 Å². The summed E-state index contributed by atoms with van der Waals surface area (Å²) in [7, 11) is 0. The van der Waals surface area contributed by atoms with Crippen LogP contribution in [-0.2, 0) is 11.3 Å². The maximum absolute atomic E-state index is 5.88. The monoisotopic (exact) mass is 251 g/mol. The number of aromatic nitrogens is 2. The Hall–Kier alpha value is -0.870. The van der Waals surface area contributed by atoms with E-state index in [9.17, 15) is 0 Å². The van der Waals surface area contributed by atoms with Crippen molar-refractivity contribution < 1.29 is 4.74 Å². The van der Waals surface area contributed by atoms with Crippen molar-refractivity contribution in [2.24, 2.45) is 0 Å². The molecular weight excluding hydrogens is 226 g/mol. The Kier molecular flexibility index (Phi) is 5.20. The van der Waals surface area contributed by atoms with Gasteiger partial charge >= 0.3 is 0 Å². The molecule has 0 bridgehead atoms. The van der Waals surface area contributed by atoms with Crippen molar-refractivity contribution in [2.75, 3.05) is 13.2 Å². The molecule has 1 aromatic rings. The third-order valence-electron chi connectivity index (χ3n) is 3.77. The van der Waals surface area contributed by atoms with E-state index in [1.54, 1.807) is 0 Å². The van der Waals surface area contributed by atoms with Gasteiger partial charge in [-0.05, 0) is 26.7 Å². The van der Waals surface area contributed by atoms with Gasteiger partial charge in [0.25, 0.3) is 0 Å². The number of hydrogen-bond acceptors (Lipinski definition) is 3. The van der Waals surface area contributed by atoms with Crippen molar-refractivity contribution >= 4 is 0 Å². The maximum Gasteiger partial charge on any atom is 0.0638 e. The second-order valence-electron chi connectivity index (χ2n) is 5.22. The van der Waals surface area contributed by atoms with Crippen molar-refractivity contribution in [3.05, 3.63) is 17.0 Å². The lowest BCUT2D eigenvalue weighted by atomic mass is 9.98. The Morgan fingerprint density at radius 3 is 2.72 bits per heavy atom. The van der Waals surface area contributed by atoms with Gasteiger partial charge in [0, 0.05) is 24.3 Å². The Labute approximate surface area is 110 Å².